The van der Waals surface area contributed by atoms with Crippen LogP contribution in [-0.2, 0) is 30.6 Å². The first-order chi connectivity index (χ1) is 13.7. The zero-order chi connectivity index (χ0) is 21.6. The number of carbonyl (C=O) groups excluding carboxylic acids is 2. The molecule has 1 amide bonds. The van der Waals surface area contributed by atoms with E-state index in [1.165, 1.54) is 26.2 Å². The lowest BCUT2D eigenvalue weighted by molar-refractivity contribution is -0.152. The number of sulfone groups is 1. The molecule has 0 radical (unpaired) electrons. The molecule has 1 saturated heterocycles. The van der Waals surface area contributed by atoms with Crippen molar-refractivity contribution in [2.75, 3.05) is 46.0 Å². The van der Waals surface area contributed by atoms with Crippen LogP contribution < -0.4 is 14.2 Å². The lowest BCUT2D eigenvalue weighted by Crippen LogP contribution is -2.43. The number of hydrogen-bond donors (Lipinski definition) is 0. The predicted molar refractivity (Wildman–Crippen MR) is 105 cm³/mol. The van der Waals surface area contributed by atoms with Crippen molar-refractivity contribution in [2.45, 2.75) is 25.8 Å². The van der Waals surface area contributed by atoms with Crippen molar-refractivity contribution < 1.29 is 37.0 Å². The highest BCUT2D eigenvalue weighted by atomic mass is 32.2. The smallest absolute Gasteiger partial charge is 0.310 e. The molecule has 29 heavy (non-hydrogen) atoms. The quantitative estimate of drug-likeness (QED) is 0.531. The molecule has 0 bridgehead atoms. The van der Waals surface area contributed by atoms with Crippen molar-refractivity contribution in [1.29, 1.82) is 0 Å². The second-order valence-corrected chi connectivity index (χ2v) is 8.84. The molecule has 0 N–H and O–H groups in total. The minimum atomic E-state index is -3.11. The topological polar surface area (TPSA) is 108 Å². The molecular formula is C19H27NO8S. The Morgan fingerprint density at radius 2 is 1.72 bits per heavy atom. The highest BCUT2D eigenvalue weighted by Gasteiger charge is 2.34. The van der Waals surface area contributed by atoms with Gasteiger partial charge in [0.2, 0.25) is 5.75 Å². The summed E-state index contributed by atoms with van der Waals surface area (Å²) >= 11 is 0. The van der Waals surface area contributed by atoms with Crippen LogP contribution in [0.5, 0.6) is 17.2 Å². The van der Waals surface area contributed by atoms with Gasteiger partial charge in [-0.1, -0.05) is 0 Å². The third-order valence-electron chi connectivity index (χ3n) is 4.74. The van der Waals surface area contributed by atoms with Gasteiger partial charge in [0.1, 0.15) is 0 Å². The molecule has 162 valence electrons. The van der Waals surface area contributed by atoms with Crippen LogP contribution >= 0.6 is 0 Å². The third kappa shape index (κ3) is 5.75. The van der Waals surface area contributed by atoms with Gasteiger partial charge in [-0.3, -0.25) is 9.59 Å². The Morgan fingerprint density at radius 1 is 1.10 bits per heavy atom. The fourth-order valence-electron chi connectivity index (χ4n) is 3.34. The van der Waals surface area contributed by atoms with Crippen molar-refractivity contribution in [2.24, 2.45) is 0 Å². The van der Waals surface area contributed by atoms with E-state index in [1.807, 2.05) is 0 Å². The Labute approximate surface area is 170 Å². The number of esters is 1. The molecule has 1 heterocycles. The number of methoxy groups -OCH3 is 3. The van der Waals surface area contributed by atoms with Crippen LogP contribution in [0.25, 0.3) is 0 Å². The van der Waals surface area contributed by atoms with E-state index in [0.29, 0.717) is 35.8 Å². The van der Waals surface area contributed by atoms with Crippen LogP contribution in [0, 0.1) is 0 Å². The van der Waals surface area contributed by atoms with E-state index in [9.17, 15) is 18.0 Å². The molecule has 1 atom stereocenters. The minimum Gasteiger partial charge on any atom is -0.493 e. The van der Waals surface area contributed by atoms with Crippen LogP contribution in [0.2, 0.25) is 0 Å². The molecule has 0 aliphatic carbocycles. The van der Waals surface area contributed by atoms with Gasteiger partial charge in [0.15, 0.2) is 27.9 Å². The lowest BCUT2D eigenvalue weighted by atomic mass is 10.1. The van der Waals surface area contributed by atoms with Gasteiger partial charge in [-0.2, -0.15) is 0 Å². The number of carbonyl (C=O) groups is 2. The number of ether oxygens (including phenoxy) is 4. The zero-order valence-electron chi connectivity index (χ0n) is 17.1. The Hall–Kier alpha value is -2.49. The van der Waals surface area contributed by atoms with E-state index in [2.05, 4.69) is 0 Å². The molecular weight excluding hydrogens is 402 g/mol. The summed E-state index contributed by atoms with van der Waals surface area (Å²) in [5.41, 5.74) is 0.575. The van der Waals surface area contributed by atoms with Gasteiger partial charge in [-0.05, 0) is 31.0 Å². The van der Waals surface area contributed by atoms with E-state index in [-0.39, 0.29) is 24.0 Å². The highest BCUT2D eigenvalue weighted by Crippen LogP contribution is 2.38. The first-order valence-electron chi connectivity index (χ1n) is 9.19. The number of nitrogens with zero attached hydrogens (tertiary/aromatic N) is 1. The molecule has 9 nitrogen and oxygen atoms in total. The third-order valence-corrected chi connectivity index (χ3v) is 6.49. The Kier molecular flexibility index (Phi) is 7.72. The molecule has 0 aromatic heterocycles. The van der Waals surface area contributed by atoms with Crippen molar-refractivity contribution in [3.05, 3.63) is 17.7 Å². The van der Waals surface area contributed by atoms with E-state index >= 15 is 0 Å². The SMILES string of the molecule is CCN(C(=O)COC(=O)Cc1cc(OC)c(OC)c(OC)c1)C1CCS(=O)(=O)C1. The zero-order valence-corrected chi connectivity index (χ0v) is 17.9. The van der Waals surface area contributed by atoms with E-state index < -0.39 is 28.3 Å². The van der Waals surface area contributed by atoms with E-state index in [4.69, 9.17) is 18.9 Å². The average molecular weight is 429 g/mol. The van der Waals surface area contributed by atoms with E-state index in [0.717, 1.165) is 0 Å². The highest BCUT2D eigenvalue weighted by molar-refractivity contribution is 7.91. The van der Waals surface area contributed by atoms with Crippen molar-refractivity contribution in [3.63, 3.8) is 0 Å². The van der Waals surface area contributed by atoms with Gasteiger partial charge < -0.3 is 23.8 Å². The number of amides is 1. The molecule has 0 spiro atoms. The number of hydrogen-bond acceptors (Lipinski definition) is 8. The van der Waals surface area contributed by atoms with Gasteiger partial charge in [0.25, 0.3) is 5.91 Å². The first kappa shape index (κ1) is 22.8. The molecule has 1 fully saturated rings. The van der Waals surface area contributed by atoms with Crippen molar-refractivity contribution in [3.8, 4) is 17.2 Å². The number of rotatable bonds is 9. The Bertz CT molecular complexity index is 827. The largest absolute Gasteiger partial charge is 0.493 e. The van der Waals surface area contributed by atoms with Crippen LogP contribution in [0.3, 0.4) is 0 Å². The normalized spacial score (nSPS) is 17.4. The predicted octanol–water partition coefficient (Wildman–Crippen LogP) is 0.834. The fraction of sp³-hybridized carbons (Fsp3) is 0.579. The maximum atomic E-state index is 12.4. The summed E-state index contributed by atoms with van der Waals surface area (Å²) < 4.78 is 44.2. The maximum absolute atomic E-state index is 12.4. The van der Waals surface area contributed by atoms with Gasteiger partial charge in [-0.15, -0.1) is 0 Å². The van der Waals surface area contributed by atoms with Gasteiger partial charge in [-0.25, -0.2) is 8.42 Å². The van der Waals surface area contributed by atoms with Crippen molar-refractivity contribution >= 4 is 21.7 Å². The van der Waals surface area contributed by atoms with Crippen LogP contribution in [0.4, 0.5) is 0 Å². The lowest BCUT2D eigenvalue weighted by Gasteiger charge is -2.26. The van der Waals surface area contributed by atoms with E-state index in [1.54, 1.807) is 19.1 Å². The average Bonchev–Trinajstić information content (AvgIpc) is 3.05. The van der Waals surface area contributed by atoms with Gasteiger partial charge in [0.05, 0.1) is 39.3 Å². The summed E-state index contributed by atoms with van der Waals surface area (Å²) in [6.45, 7) is 1.68. The second-order valence-electron chi connectivity index (χ2n) is 6.61. The van der Waals surface area contributed by atoms with Gasteiger partial charge >= 0.3 is 5.97 Å². The summed E-state index contributed by atoms with van der Waals surface area (Å²) in [5.74, 6) is 0.243. The van der Waals surface area contributed by atoms with Crippen molar-refractivity contribution in [1.82, 2.24) is 4.90 Å². The van der Waals surface area contributed by atoms with Crippen LogP contribution in [0.15, 0.2) is 12.1 Å². The molecule has 1 aliphatic heterocycles. The molecule has 2 rings (SSSR count). The number of benzene rings is 1. The molecule has 1 aliphatic rings. The summed E-state index contributed by atoms with van der Waals surface area (Å²) in [6.07, 6.45) is 0.315. The Balaban J connectivity index is 1.98. The minimum absolute atomic E-state index is 0.0496. The monoisotopic (exact) mass is 429 g/mol. The summed E-state index contributed by atoms with van der Waals surface area (Å²) in [6, 6.07) is 2.89. The molecule has 0 saturated carbocycles. The first-order valence-corrected chi connectivity index (χ1v) is 11.0. The van der Waals surface area contributed by atoms with Gasteiger partial charge in [0, 0.05) is 12.6 Å². The summed E-state index contributed by atoms with van der Waals surface area (Å²) in [5, 5.41) is 0. The van der Waals surface area contributed by atoms with Crippen LogP contribution in [-0.4, -0.2) is 77.2 Å². The summed E-state index contributed by atoms with van der Waals surface area (Å²) in [4.78, 5) is 26.1. The fourth-order valence-corrected chi connectivity index (χ4v) is 5.07. The molecule has 10 heteroatoms. The number of likely N-dealkylation sites (N-methyl/N-ethyl adjacent to an activating group) is 1. The maximum Gasteiger partial charge on any atom is 0.310 e. The second kappa shape index (κ2) is 9.82. The Morgan fingerprint density at radius 3 is 2.17 bits per heavy atom. The molecule has 1 aromatic rings. The van der Waals surface area contributed by atoms with Crippen LogP contribution in [0.1, 0.15) is 18.9 Å². The molecule has 1 unspecified atom stereocenters. The summed E-state index contributed by atoms with van der Waals surface area (Å²) in [7, 11) is 1.32. The molecule has 1 aromatic carbocycles. The standard InChI is InChI=1S/C19H27NO8S/c1-5-20(14-6-7-29(23,24)12-14)17(21)11-28-18(22)10-13-8-15(25-2)19(27-4)16(9-13)26-3/h8-9,14H,5-7,10-12H2,1-4H3.